The van der Waals surface area contributed by atoms with E-state index < -0.39 is 0 Å². The Bertz CT molecular complexity index is 855. The second-order valence-corrected chi connectivity index (χ2v) is 6.37. The SMILES string of the molecule is C[NH+]1CCN(c2nnc(-c3ccc(F)cc3)c3ccccc23)CC1. The fourth-order valence-corrected chi connectivity index (χ4v) is 3.24. The number of hydrogen-bond acceptors (Lipinski definition) is 3. The third-order valence-electron chi connectivity index (χ3n) is 4.70. The van der Waals surface area contributed by atoms with Gasteiger partial charge in [0.25, 0.3) is 0 Å². The van der Waals surface area contributed by atoms with E-state index in [4.69, 9.17) is 0 Å². The van der Waals surface area contributed by atoms with Crippen molar-refractivity contribution >= 4 is 16.6 Å². The molecule has 1 N–H and O–H groups in total. The van der Waals surface area contributed by atoms with Gasteiger partial charge in [0.2, 0.25) is 0 Å². The predicted molar refractivity (Wildman–Crippen MR) is 93.8 cm³/mol. The summed E-state index contributed by atoms with van der Waals surface area (Å²) in [5, 5.41) is 11.2. The van der Waals surface area contributed by atoms with Crippen LogP contribution >= 0.6 is 0 Å². The average molecular weight is 323 g/mol. The molecule has 0 atom stereocenters. The number of likely N-dealkylation sites (N-methyl/N-ethyl adjacent to an activating group) is 1. The highest BCUT2D eigenvalue weighted by Crippen LogP contribution is 2.31. The molecule has 24 heavy (non-hydrogen) atoms. The second kappa shape index (κ2) is 6.17. The Hall–Kier alpha value is -2.53. The molecule has 0 spiro atoms. The van der Waals surface area contributed by atoms with Crippen molar-refractivity contribution in [2.75, 3.05) is 38.1 Å². The number of benzene rings is 2. The monoisotopic (exact) mass is 323 g/mol. The van der Waals surface area contributed by atoms with E-state index in [0.717, 1.165) is 54.0 Å². The van der Waals surface area contributed by atoms with Gasteiger partial charge in [-0.1, -0.05) is 24.3 Å². The summed E-state index contributed by atoms with van der Waals surface area (Å²) in [6.07, 6.45) is 0. The van der Waals surface area contributed by atoms with Crippen molar-refractivity contribution in [3.05, 3.63) is 54.3 Å². The quantitative estimate of drug-likeness (QED) is 0.780. The number of piperazine rings is 1. The standard InChI is InChI=1S/C19H19FN4/c1-23-10-12-24(13-11-23)19-17-5-3-2-4-16(17)18(21-22-19)14-6-8-15(20)9-7-14/h2-9H,10-13H2,1H3/p+1. The molecule has 5 heteroatoms. The van der Waals surface area contributed by atoms with Crippen molar-refractivity contribution in [1.29, 1.82) is 0 Å². The van der Waals surface area contributed by atoms with Crippen LogP contribution in [0.2, 0.25) is 0 Å². The lowest BCUT2D eigenvalue weighted by Crippen LogP contribution is -3.12. The van der Waals surface area contributed by atoms with Gasteiger partial charge in [-0.15, -0.1) is 10.2 Å². The van der Waals surface area contributed by atoms with E-state index in [9.17, 15) is 4.39 Å². The van der Waals surface area contributed by atoms with Crippen LogP contribution in [-0.4, -0.2) is 43.4 Å². The number of nitrogens with zero attached hydrogens (tertiary/aromatic N) is 3. The van der Waals surface area contributed by atoms with Crippen LogP contribution in [0.25, 0.3) is 22.0 Å². The molecule has 0 aliphatic carbocycles. The van der Waals surface area contributed by atoms with Gasteiger partial charge in [-0.2, -0.15) is 0 Å². The molecular formula is C19H20FN4+. The van der Waals surface area contributed by atoms with Gasteiger partial charge in [-0.3, -0.25) is 0 Å². The first-order valence-corrected chi connectivity index (χ1v) is 8.30. The minimum Gasteiger partial charge on any atom is -0.343 e. The van der Waals surface area contributed by atoms with Gasteiger partial charge in [0, 0.05) is 16.3 Å². The highest BCUT2D eigenvalue weighted by molar-refractivity contribution is 6.00. The third-order valence-corrected chi connectivity index (χ3v) is 4.70. The highest BCUT2D eigenvalue weighted by atomic mass is 19.1. The molecule has 1 fully saturated rings. The third kappa shape index (κ3) is 2.71. The predicted octanol–water partition coefficient (Wildman–Crippen LogP) is 1.77. The van der Waals surface area contributed by atoms with Crippen molar-refractivity contribution in [2.24, 2.45) is 0 Å². The molecular weight excluding hydrogens is 303 g/mol. The molecule has 2 aromatic carbocycles. The molecule has 1 aromatic heterocycles. The molecule has 3 aromatic rings. The molecule has 0 unspecified atom stereocenters. The second-order valence-electron chi connectivity index (χ2n) is 6.37. The molecule has 4 rings (SSSR count). The largest absolute Gasteiger partial charge is 0.343 e. The summed E-state index contributed by atoms with van der Waals surface area (Å²) >= 11 is 0. The summed E-state index contributed by atoms with van der Waals surface area (Å²) in [5.41, 5.74) is 1.68. The lowest BCUT2D eigenvalue weighted by Gasteiger charge is -2.31. The van der Waals surface area contributed by atoms with Crippen LogP contribution in [0.1, 0.15) is 0 Å². The molecule has 0 amide bonds. The first kappa shape index (κ1) is 15.0. The zero-order valence-corrected chi connectivity index (χ0v) is 13.7. The highest BCUT2D eigenvalue weighted by Gasteiger charge is 2.21. The Balaban J connectivity index is 1.81. The van der Waals surface area contributed by atoms with Gasteiger partial charge in [0.1, 0.15) is 11.5 Å². The number of nitrogens with one attached hydrogen (secondary N) is 1. The number of rotatable bonds is 2. The molecule has 0 bridgehead atoms. The number of fused-ring (bicyclic) bond motifs is 1. The lowest BCUT2D eigenvalue weighted by atomic mass is 10.0. The zero-order chi connectivity index (χ0) is 16.5. The minimum atomic E-state index is -0.243. The number of anilines is 1. The molecule has 1 saturated heterocycles. The van der Waals surface area contributed by atoms with E-state index in [0.29, 0.717) is 0 Å². The Morgan fingerprint density at radius 3 is 2.29 bits per heavy atom. The summed E-state index contributed by atoms with van der Waals surface area (Å²) in [6.45, 7) is 4.19. The summed E-state index contributed by atoms with van der Waals surface area (Å²) < 4.78 is 13.2. The summed E-state index contributed by atoms with van der Waals surface area (Å²) in [4.78, 5) is 3.86. The van der Waals surface area contributed by atoms with Crippen LogP contribution in [0, 0.1) is 5.82 Å². The maximum Gasteiger partial charge on any atom is 0.159 e. The van der Waals surface area contributed by atoms with E-state index in [1.165, 1.54) is 12.1 Å². The van der Waals surface area contributed by atoms with Crippen LogP contribution < -0.4 is 9.80 Å². The molecule has 0 radical (unpaired) electrons. The Morgan fingerprint density at radius 1 is 0.917 bits per heavy atom. The normalized spacial score (nSPS) is 15.8. The Kier molecular flexibility index (Phi) is 3.86. The Morgan fingerprint density at radius 2 is 1.58 bits per heavy atom. The minimum absolute atomic E-state index is 0.243. The van der Waals surface area contributed by atoms with Gasteiger partial charge in [-0.05, 0) is 24.3 Å². The van der Waals surface area contributed by atoms with Gasteiger partial charge < -0.3 is 9.80 Å². The van der Waals surface area contributed by atoms with Crippen LogP contribution in [0.3, 0.4) is 0 Å². The topological polar surface area (TPSA) is 33.5 Å². The molecule has 1 aliphatic rings. The van der Waals surface area contributed by atoms with Gasteiger partial charge in [0.05, 0.1) is 33.2 Å². The number of aromatic nitrogens is 2. The van der Waals surface area contributed by atoms with Crippen LogP contribution in [-0.2, 0) is 0 Å². The first-order chi connectivity index (χ1) is 11.7. The molecule has 4 nitrogen and oxygen atoms in total. The van der Waals surface area contributed by atoms with Crippen molar-refractivity contribution < 1.29 is 9.29 Å². The van der Waals surface area contributed by atoms with Crippen molar-refractivity contribution in [3.8, 4) is 11.3 Å². The number of halogens is 1. The van der Waals surface area contributed by atoms with Crippen molar-refractivity contribution in [3.63, 3.8) is 0 Å². The number of quaternary nitrogens is 1. The van der Waals surface area contributed by atoms with Crippen LogP contribution in [0.4, 0.5) is 10.2 Å². The fourth-order valence-electron chi connectivity index (χ4n) is 3.24. The average Bonchev–Trinajstić information content (AvgIpc) is 2.62. The molecule has 122 valence electrons. The zero-order valence-electron chi connectivity index (χ0n) is 13.7. The number of hydrogen-bond donors (Lipinski definition) is 1. The van der Waals surface area contributed by atoms with Gasteiger partial charge in [-0.25, -0.2) is 4.39 Å². The Labute approximate surface area is 140 Å². The lowest BCUT2D eigenvalue weighted by molar-refractivity contribution is -0.880. The maximum atomic E-state index is 13.2. The molecule has 2 heterocycles. The molecule has 1 aliphatic heterocycles. The van der Waals surface area contributed by atoms with E-state index in [-0.39, 0.29) is 5.82 Å². The van der Waals surface area contributed by atoms with E-state index in [1.807, 2.05) is 12.1 Å². The van der Waals surface area contributed by atoms with Crippen molar-refractivity contribution in [2.45, 2.75) is 0 Å². The van der Waals surface area contributed by atoms with E-state index in [2.05, 4.69) is 34.3 Å². The van der Waals surface area contributed by atoms with E-state index in [1.54, 1.807) is 17.0 Å². The van der Waals surface area contributed by atoms with Crippen LogP contribution in [0.15, 0.2) is 48.5 Å². The fraction of sp³-hybridized carbons (Fsp3) is 0.263. The summed E-state index contributed by atoms with van der Waals surface area (Å²) in [5.74, 6) is 0.705. The van der Waals surface area contributed by atoms with Gasteiger partial charge in [0.15, 0.2) is 5.82 Å². The molecule has 0 saturated carbocycles. The van der Waals surface area contributed by atoms with E-state index >= 15 is 0 Å². The summed E-state index contributed by atoms with van der Waals surface area (Å²) in [6, 6.07) is 14.6. The van der Waals surface area contributed by atoms with Crippen molar-refractivity contribution in [1.82, 2.24) is 10.2 Å². The summed E-state index contributed by atoms with van der Waals surface area (Å²) in [7, 11) is 2.22. The van der Waals surface area contributed by atoms with Crippen LogP contribution in [0.5, 0.6) is 0 Å². The maximum absolute atomic E-state index is 13.2. The smallest absolute Gasteiger partial charge is 0.159 e. The van der Waals surface area contributed by atoms with Gasteiger partial charge >= 0.3 is 0 Å². The first-order valence-electron chi connectivity index (χ1n) is 8.30.